The van der Waals surface area contributed by atoms with Gasteiger partial charge in [0, 0.05) is 6.07 Å². The molecule has 1 saturated heterocycles. The Labute approximate surface area is 130 Å². The number of amides is 1. The van der Waals surface area contributed by atoms with Crippen LogP contribution in [0.1, 0.15) is 10.7 Å². The molecule has 0 radical (unpaired) electrons. The summed E-state index contributed by atoms with van der Waals surface area (Å²) in [6, 6.07) is 1.53. The highest BCUT2D eigenvalue weighted by molar-refractivity contribution is 7.15. The predicted molar refractivity (Wildman–Crippen MR) is 78.0 cm³/mol. The summed E-state index contributed by atoms with van der Waals surface area (Å²) in [6.07, 6.45) is 1.65. The summed E-state index contributed by atoms with van der Waals surface area (Å²) >= 11 is 1.31. The topological polar surface area (TPSA) is 75.6 Å². The van der Waals surface area contributed by atoms with E-state index >= 15 is 0 Å². The van der Waals surface area contributed by atoms with Crippen molar-refractivity contribution in [3.8, 4) is 16.3 Å². The molecule has 6 nitrogen and oxygen atoms in total. The number of rotatable bonds is 5. The molecule has 2 aromatic rings. The molecule has 1 fully saturated rings. The zero-order chi connectivity index (χ0) is 15.7. The van der Waals surface area contributed by atoms with E-state index < -0.39 is 5.82 Å². The average molecular weight is 323 g/mol. The number of pyridine rings is 1. The van der Waals surface area contributed by atoms with Gasteiger partial charge in [-0.3, -0.25) is 9.78 Å². The second-order valence-corrected chi connectivity index (χ2v) is 6.06. The maximum absolute atomic E-state index is 13.8. The van der Waals surface area contributed by atoms with Crippen LogP contribution in [0.4, 0.5) is 4.39 Å². The first-order chi connectivity index (χ1) is 10.6. The van der Waals surface area contributed by atoms with E-state index in [4.69, 9.17) is 9.84 Å². The van der Waals surface area contributed by atoms with Crippen LogP contribution in [0.3, 0.4) is 0 Å². The van der Waals surface area contributed by atoms with E-state index in [1.54, 1.807) is 4.90 Å². The lowest BCUT2D eigenvalue weighted by Gasteiger charge is -2.36. The third-order valence-corrected chi connectivity index (χ3v) is 4.51. The summed E-state index contributed by atoms with van der Waals surface area (Å²) in [7, 11) is 0. The molecule has 0 atom stereocenters. The molecule has 0 saturated carbocycles. The van der Waals surface area contributed by atoms with Crippen LogP contribution >= 0.6 is 11.3 Å². The smallest absolute Gasteiger partial charge is 0.209 e. The van der Waals surface area contributed by atoms with Crippen LogP contribution in [-0.2, 0) is 11.4 Å². The lowest BCUT2D eigenvalue weighted by molar-refractivity contribution is -0.126. The van der Waals surface area contributed by atoms with Crippen LogP contribution in [0, 0.1) is 12.7 Å². The van der Waals surface area contributed by atoms with Crippen molar-refractivity contribution in [2.45, 2.75) is 19.6 Å². The molecule has 1 amide bonds. The Morgan fingerprint density at radius 2 is 2.36 bits per heavy atom. The Morgan fingerprint density at radius 1 is 1.59 bits per heavy atom. The van der Waals surface area contributed by atoms with E-state index in [9.17, 15) is 9.18 Å². The maximum Gasteiger partial charge on any atom is 0.209 e. The Bertz CT molecular complexity index is 701. The lowest BCUT2D eigenvalue weighted by atomic mass is 10.2. The van der Waals surface area contributed by atoms with Gasteiger partial charge in [-0.25, -0.2) is 9.37 Å². The van der Waals surface area contributed by atoms with E-state index in [1.165, 1.54) is 17.4 Å². The summed E-state index contributed by atoms with van der Waals surface area (Å²) < 4.78 is 19.4. The van der Waals surface area contributed by atoms with Crippen LogP contribution in [0.15, 0.2) is 12.3 Å². The molecule has 1 N–H and O–H groups in total. The van der Waals surface area contributed by atoms with Gasteiger partial charge in [0.05, 0.1) is 42.2 Å². The third kappa shape index (κ3) is 2.79. The van der Waals surface area contributed by atoms with E-state index in [-0.39, 0.29) is 18.5 Å². The van der Waals surface area contributed by atoms with Gasteiger partial charge in [-0.2, -0.15) is 0 Å². The SMILES string of the molecule is Cc1nc(CO)sc1-c1cc(OC2CN(C=O)C2)c(F)cn1. The summed E-state index contributed by atoms with van der Waals surface area (Å²) in [5.74, 6) is -0.434. The Kier molecular flexibility index (Phi) is 4.04. The van der Waals surface area contributed by atoms with Gasteiger partial charge in [0.2, 0.25) is 6.41 Å². The minimum atomic E-state index is -0.544. The summed E-state index contributed by atoms with van der Waals surface area (Å²) in [4.78, 5) is 21.1. The molecule has 0 aromatic carbocycles. The molecule has 1 aliphatic heterocycles. The van der Waals surface area contributed by atoms with E-state index in [1.807, 2.05) is 6.92 Å². The number of ether oxygens (including phenoxy) is 1. The molecule has 22 heavy (non-hydrogen) atoms. The monoisotopic (exact) mass is 323 g/mol. The molecular weight excluding hydrogens is 309 g/mol. The number of halogens is 1. The fourth-order valence-electron chi connectivity index (χ4n) is 2.20. The normalized spacial score (nSPS) is 14.8. The second-order valence-electron chi connectivity index (χ2n) is 4.98. The number of aromatic nitrogens is 2. The molecule has 0 spiro atoms. The molecule has 8 heteroatoms. The quantitative estimate of drug-likeness (QED) is 0.841. The first kappa shape index (κ1) is 14.9. The van der Waals surface area contributed by atoms with Crippen LogP contribution in [0.5, 0.6) is 5.75 Å². The molecule has 2 aromatic heterocycles. The van der Waals surface area contributed by atoms with Gasteiger partial charge >= 0.3 is 0 Å². The van der Waals surface area contributed by atoms with Crippen LogP contribution in [0.25, 0.3) is 10.6 Å². The van der Waals surface area contributed by atoms with Crippen molar-refractivity contribution in [1.82, 2.24) is 14.9 Å². The maximum atomic E-state index is 13.8. The highest BCUT2D eigenvalue weighted by Crippen LogP contribution is 2.32. The van der Waals surface area contributed by atoms with Crippen molar-refractivity contribution in [2.24, 2.45) is 0 Å². The Hall–Kier alpha value is -2.06. The first-order valence-electron chi connectivity index (χ1n) is 6.69. The number of nitrogens with zero attached hydrogens (tertiary/aromatic N) is 3. The number of carbonyl (C=O) groups is 1. The van der Waals surface area contributed by atoms with Crippen LogP contribution in [0.2, 0.25) is 0 Å². The van der Waals surface area contributed by atoms with Crippen molar-refractivity contribution in [3.63, 3.8) is 0 Å². The predicted octanol–water partition coefficient (Wildman–Crippen LogP) is 1.36. The van der Waals surface area contributed by atoms with Crippen molar-refractivity contribution in [2.75, 3.05) is 13.1 Å². The zero-order valence-electron chi connectivity index (χ0n) is 11.8. The fourth-order valence-corrected chi connectivity index (χ4v) is 3.09. The second kappa shape index (κ2) is 5.98. The van der Waals surface area contributed by atoms with Gasteiger partial charge in [-0.05, 0) is 6.92 Å². The Morgan fingerprint density at radius 3 is 3.00 bits per heavy atom. The van der Waals surface area contributed by atoms with E-state index in [2.05, 4.69) is 9.97 Å². The molecular formula is C14H14FN3O3S. The number of hydrogen-bond donors (Lipinski definition) is 1. The molecule has 0 aliphatic carbocycles. The van der Waals surface area contributed by atoms with Gasteiger partial charge in [-0.1, -0.05) is 0 Å². The average Bonchev–Trinajstić information content (AvgIpc) is 2.85. The minimum absolute atomic E-state index is 0.110. The van der Waals surface area contributed by atoms with Crippen molar-refractivity contribution in [1.29, 1.82) is 0 Å². The van der Waals surface area contributed by atoms with Gasteiger partial charge < -0.3 is 14.7 Å². The first-order valence-corrected chi connectivity index (χ1v) is 7.51. The number of aliphatic hydroxyl groups excluding tert-OH is 1. The van der Waals surface area contributed by atoms with Crippen LogP contribution in [-0.4, -0.2) is 45.6 Å². The van der Waals surface area contributed by atoms with Crippen molar-refractivity contribution in [3.05, 3.63) is 28.8 Å². The third-order valence-electron chi connectivity index (χ3n) is 3.35. The van der Waals surface area contributed by atoms with Crippen molar-refractivity contribution >= 4 is 17.7 Å². The van der Waals surface area contributed by atoms with Crippen LogP contribution < -0.4 is 4.74 Å². The molecule has 0 bridgehead atoms. The lowest BCUT2D eigenvalue weighted by Crippen LogP contribution is -2.52. The number of thiazole rings is 1. The zero-order valence-corrected chi connectivity index (χ0v) is 12.6. The standard InChI is InChI=1S/C14H14FN3O3S/c1-8-14(22-13(6-19)17-8)11-2-12(10(15)3-16-11)21-9-4-18(5-9)7-20/h2-3,7,9,19H,4-6H2,1H3. The van der Waals surface area contributed by atoms with Crippen molar-refractivity contribution < 1.29 is 19.0 Å². The molecule has 1 aliphatic rings. The number of aryl methyl sites for hydroxylation is 1. The number of carbonyl (C=O) groups excluding carboxylic acids is 1. The highest BCUT2D eigenvalue weighted by atomic mass is 32.1. The highest BCUT2D eigenvalue weighted by Gasteiger charge is 2.28. The number of aliphatic hydroxyl groups is 1. The van der Waals surface area contributed by atoms with E-state index in [0.717, 1.165) is 23.2 Å². The largest absolute Gasteiger partial charge is 0.484 e. The molecule has 3 heterocycles. The Balaban J connectivity index is 1.83. The van der Waals surface area contributed by atoms with Gasteiger partial charge in [0.1, 0.15) is 11.1 Å². The fraction of sp³-hybridized carbons (Fsp3) is 0.357. The molecule has 0 unspecified atom stereocenters. The molecule has 116 valence electrons. The number of likely N-dealkylation sites (tertiary alicyclic amines) is 1. The van der Waals surface area contributed by atoms with Gasteiger partial charge in [-0.15, -0.1) is 11.3 Å². The summed E-state index contributed by atoms with van der Waals surface area (Å²) in [5, 5.41) is 9.72. The molecule has 3 rings (SSSR count). The van der Waals surface area contributed by atoms with E-state index in [0.29, 0.717) is 23.8 Å². The number of hydrogen-bond acceptors (Lipinski definition) is 6. The van der Waals surface area contributed by atoms with Gasteiger partial charge in [0.15, 0.2) is 11.6 Å². The van der Waals surface area contributed by atoms with Gasteiger partial charge in [0.25, 0.3) is 0 Å². The summed E-state index contributed by atoms with van der Waals surface area (Å²) in [5.41, 5.74) is 1.28. The minimum Gasteiger partial charge on any atom is -0.484 e. The summed E-state index contributed by atoms with van der Waals surface area (Å²) in [6.45, 7) is 2.58.